The molecule has 0 aliphatic carbocycles. The molecule has 1 aromatic carbocycles. The van der Waals surface area contributed by atoms with Gasteiger partial charge in [0, 0.05) is 0 Å². The fourth-order valence-corrected chi connectivity index (χ4v) is 2.79. The van der Waals surface area contributed by atoms with Crippen molar-refractivity contribution in [2.45, 2.75) is 32.1 Å². The first-order valence-corrected chi connectivity index (χ1v) is 8.40. The molecular weight excluding hydrogens is 321 g/mol. The molecule has 0 unspecified atom stereocenters. The van der Waals surface area contributed by atoms with Crippen LogP contribution < -0.4 is 5.43 Å². The summed E-state index contributed by atoms with van der Waals surface area (Å²) in [6.45, 7) is 2.38. The van der Waals surface area contributed by atoms with Gasteiger partial charge in [-0.2, -0.15) is 5.10 Å². The molecule has 1 heterocycles. The van der Waals surface area contributed by atoms with Crippen molar-refractivity contribution in [3.8, 4) is 0 Å². The number of hydrogen-bond donors (Lipinski definition) is 1. The number of rotatable bonds is 4. The van der Waals surface area contributed by atoms with Gasteiger partial charge in [0.15, 0.2) is 0 Å². The molecule has 1 aliphatic heterocycles. The quantitative estimate of drug-likeness (QED) is 0.670. The molecule has 1 amide bonds. The molecule has 1 aromatic rings. The van der Waals surface area contributed by atoms with Crippen molar-refractivity contribution < 1.29 is 4.79 Å². The highest BCUT2D eigenvalue weighted by atomic mass is 35.5. The van der Waals surface area contributed by atoms with Crippen LogP contribution in [0.1, 0.15) is 37.7 Å². The second-order valence-corrected chi connectivity index (χ2v) is 6.33. The van der Waals surface area contributed by atoms with Crippen molar-refractivity contribution in [2.24, 2.45) is 5.10 Å². The van der Waals surface area contributed by atoms with E-state index in [-0.39, 0.29) is 5.91 Å². The van der Waals surface area contributed by atoms with E-state index in [2.05, 4.69) is 15.4 Å². The van der Waals surface area contributed by atoms with Gasteiger partial charge in [-0.1, -0.05) is 48.5 Å². The van der Waals surface area contributed by atoms with E-state index in [1.54, 1.807) is 24.4 Å². The number of likely N-dealkylation sites (tertiary alicyclic amines) is 1. The summed E-state index contributed by atoms with van der Waals surface area (Å²) in [6.07, 6.45) is 7.72. The van der Waals surface area contributed by atoms with Gasteiger partial charge >= 0.3 is 0 Å². The minimum Gasteiger partial charge on any atom is -0.294 e. The van der Waals surface area contributed by atoms with Crippen LogP contribution in [-0.2, 0) is 4.79 Å². The topological polar surface area (TPSA) is 44.7 Å². The molecule has 22 heavy (non-hydrogen) atoms. The van der Waals surface area contributed by atoms with Gasteiger partial charge in [-0.05, 0) is 43.6 Å². The number of nitrogens with zero attached hydrogens (tertiary/aromatic N) is 2. The summed E-state index contributed by atoms with van der Waals surface area (Å²) in [5.41, 5.74) is 3.35. The molecule has 4 nitrogen and oxygen atoms in total. The van der Waals surface area contributed by atoms with E-state index >= 15 is 0 Å². The molecule has 2 rings (SSSR count). The molecule has 120 valence electrons. The number of hydrogen-bond acceptors (Lipinski definition) is 3. The molecule has 1 saturated heterocycles. The minimum atomic E-state index is -0.0862. The van der Waals surface area contributed by atoms with Crippen molar-refractivity contribution in [1.29, 1.82) is 0 Å². The molecule has 6 heteroatoms. The average molecular weight is 342 g/mol. The van der Waals surface area contributed by atoms with Gasteiger partial charge < -0.3 is 0 Å². The molecule has 0 aromatic heterocycles. The van der Waals surface area contributed by atoms with Crippen LogP contribution in [0.15, 0.2) is 23.3 Å². The smallest absolute Gasteiger partial charge is 0.254 e. The van der Waals surface area contributed by atoms with Crippen molar-refractivity contribution in [2.75, 3.05) is 19.6 Å². The third kappa shape index (κ3) is 5.95. The average Bonchev–Trinajstić information content (AvgIpc) is 2.45. The number of amides is 1. The van der Waals surface area contributed by atoms with Crippen LogP contribution in [0.2, 0.25) is 10.0 Å². The van der Waals surface area contributed by atoms with Crippen LogP contribution in [0.4, 0.5) is 0 Å². The third-order valence-corrected chi connectivity index (χ3v) is 4.40. The van der Waals surface area contributed by atoms with Crippen LogP contribution >= 0.6 is 23.2 Å². The first-order chi connectivity index (χ1) is 10.6. The fourth-order valence-electron chi connectivity index (χ4n) is 2.48. The Morgan fingerprint density at radius 3 is 2.50 bits per heavy atom. The zero-order valence-electron chi connectivity index (χ0n) is 12.5. The number of carbonyl (C=O) groups excluding carboxylic acids is 1. The number of nitrogens with one attached hydrogen (secondary N) is 1. The van der Waals surface area contributed by atoms with Gasteiger partial charge in [0.05, 0.1) is 22.8 Å². The molecule has 0 radical (unpaired) electrons. The maximum atomic E-state index is 11.9. The van der Waals surface area contributed by atoms with Crippen molar-refractivity contribution in [1.82, 2.24) is 10.3 Å². The van der Waals surface area contributed by atoms with Gasteiger partial charge in [-0.15, -0.1) is 0 Å². The number of benzene rings is 1. The molecule has 0 atom stereocenters. The van der Waals surface area contributed by atoms with Crippen LogP contribution in [0.3, 0.4) is 0 Å². The highest BCUT2D eigenvalue weighted by Gasteiger charge is 2.11. The van der Waals surface area contributed by atoms with Crippen molar-refractivity contribution >= 4 is 35.3 Å². The Morgan fingerprint density at radius 2 is 1.82 bits per heavy atom. The molecule has 0 bridgehead atoms. The lowest BCUT2D eigenvalue weighted by molar-refractivity contribution is -0.122. The Labute approximate surface area is 141 Å². The lowest BCUT2D eigenvalue weighted by Crippen LogP contribution is -2.37. The summed E-state index contributed by atoms with van der Waals surface area (Å²) in [5, 5.41) is 4.94. The van der Waals surface area contributed by atoms with E-state index in [4.69, 9.17) is 23.2 Å². The van der Waals surface area contributed by atoms with E-state index in [0.29, 0.717) is 16.6 Å². The summed E-state index contributed by atoms with van der Waals surface area (Å²) >= 11 is 11.8. The predicted octanol–water partition coefficient (Wildman–Crippen LogP) is 3.71. The van der Waals surface area contributed by atoms with E-state index < -0.39 is 0 Å². The van der Waals surface area contributed by atoms with Crippen LogP contribution in [-0.4, -0.2) is 36.7 Å². The normalized spacial score (nSPS) is 17.2. The highest BCUT2D eigenvalue weighted by molar-refractivity contribution is 6.42. The van der Waals surface area contributed by atoms with Gasteiger partial charge in [-0.3, -0.25) is 9.69 Å². The Hall–Kier alpha value is -1.10. The molecule has 1 fully saturated rings. The monoisotopic (exact) mass is 341 g/mol. The summed E-state index contributed by atoms with van der Waals surface area (Å²) in [5.74, 6) is -0.0862. The van der Waals surface area contributed by atoms with Gasteiger partial charge in [0.1, 0.15) is 0 Å². The van der Waals surface area contributed by atoms with Crippen molar-refractivity contribution in [3.63, 3.8) is 0 Å². The highest BCUT2D eigenvalue weighted by Crippen LogP contribution is 2.21. The largest absolute Gasteiger partial charge is 0.294 e. The first kappa shape index (κ1) is 17.3. The van der Waals surface area contributed by atoms with Crippen LogP contribution in [0, 0.1) is 0 Å². The third-order valence-electron chi connectivity index (χ3n) is 3.66. The lowest BCUT2D eigenvalue weighted by atomic mass is 10.1. The van der Waals surface area contributed by atoms with Gasteiger partial charge in [-0.25, -0.2) is 5.43 Å². The van der Waals surface area contributed by atoms with Gasteiger partial charge in [0.25, 0.3) is 5.91 Å². The van der Waals surface area contributed by atoms with Crippen molar-refractivity contribution in [3.05, 3.63) is 33.8 Å². The zero-order chi connectivity index (χ0) is 15.8. The van der Waals surface area contributed by atoms with E-state index in [0.717, 1.165) is 18.7 Å². The maximum Gasteiger partial charge on any atom is 0.254 e. The minimum absolute atomic E-state index is 0.0862. The number of carbonyl (C=O) groups is 1. The number of hydrazone groups is 1. The van der Waals surface area contributed by atoms with E-state index in [1.165, 1.54) is 32.1 Å². The Balaban J connectivity index is 1.78. The predicted molar refractivity (Wildman–Crippen MR) is 91.7 cm³/mol. The zero-order valence-corrected chi connectivity index (χ0v) is 14.0. The molecular formula is C16H21Cl2N3O. The standard InChI is InChI=1S/C16H21Cl2N3O/c17-14-7-6-13(10-15(14)18)11-19-20-16(22)12-21-8-4-2-1-3-5-9-21/h6-7,10-11H,1-5,8-9,12H2,(H,20,22)/b19-11+. The Kier molecular flexibility index (Phi) is 7.16. The van der Waals surface area contributed by atoms with Gasteiger partial charge in [0.2, 0.25) is 0 Å². The fraction of sp³-hybridized carbons (Fsp3) is 0.500. The van der Waals surface area contributed by atoms with E-state index in [9.17, 15) is 4.79 Å². The molecule has 0 saturated carbocycles. The lowest BCUT2D eigenvalue weighted by Gasteiger charge is -2.23. The second-order valence-electron chi connectivity index (χ2n) is 5.51. The SMILES string of the molecule is O=C(CN1CCCCCCC1)N/N=C/c1ccc(Cl)c(Cl)c1. The summed E-state index contributed by atoms with van der Waals surface area (Å²) < 4.78 is 0. The Bertz CT molecular complexity index is 526. The second kappa shape index (κ2) is 9.13. The number of halogens is 2. The Morgan fingerprint density at radius 1 is 1.14 bits per heavy atom. The summed E-state index contributed by atoms with van der Waals surface area (Å²) in [6, 6.07) is 5.20. The maximum absolute atomic E-state index is 11.9. The van der Waals surface area contributed by atoms with Crippen LogP contribution in [0.25, 0.3) is 0 Å². The summed E-state index contributed by atoms with van der Waals surface area (Å²) in [4.78, 5) is 14.1. The first-order valence-electron chi connectivity index (χ1n) is 7.64. The summed E-state index contributed by atoms with van der Waals surface area (Å²) in [7, 11) is 0. The molecule has 1 N–H and O–H groups in total. The molecule has 0 spiro atoms. The molecule has 1 aliphatic rings. The van der Waals surface area contributed by atoms with Crippen LogP contribution in [0.5, 0.6) is 0 Å². The van der Waals surface area contributed by atoms with E-state index in [1.807, 2.05) is 0 Å².